The molecule has 4 nitrogen and oxygen atoms in total. The second kappa shape index (κ2) is 10.1. The summed E-state index contributed by atoms with van der Waals surface area (Å²) < 4.78 is -0.480. The zero-order valence-corrected chi connectivity index (χ0v) is 18.7. The number of hydrogen-bond acceptors (Lipinski definition) is 4. The van der Waals surface area contributed by atoms with Crippen molar-refractivity contribution in [2.24, 2.45) is 4.99 Å². The number of rotatable bonds is 7. The van der Waals surface area contributed by atoms with Gasteiger partial charge in [0.2, 0.25) is 5.91 Å². The van der Waals surface area contributed by atoms with E-state index in [0.29, 0.717) is 11.1 Å². The number of amidine groups is 1. The summed E-state index contributed by atoms with van der Waals surface area (Å²) in [5.74, 6) is 0.843. The first kappa shape index (κ1) is 22.5. The zero-order chi connectivity index (χ0) is 20.7. The van der Waals surface area contributed by atoms with Crippen LogP contribution in [0, 0.1) is 0 Å². The van der Waals surface area contributed by atoms with Crippen molar-refractivity contribution in [1.29, 1.82) is 0 Å². The Morgan fingerprint density at radius 2 is 1.75 bits per heavy atom. The Morgan fingerprint density at radius 1 is 1.18 bits per heavy atom. The molecule has 1 aliphatic rings. The maximum Gasteiger partial charge on any atom is 0.240 e. The second-order valence-corrected chi connectivity index (χ2v) is 9.82. The van der Waals surface area contributed by atoms with Crippen LogP contribution < -0.4 is 5.32 Å². The highest BCUT2D eigenvalue weighted by Crippen LogP contribution is 2.38. The molecule has 1 saturated carbocycles. The molecule has 2 N–H and O–H groups in total. The molecule has 0 aliphatic heterocycles. The quantitative estimate of drug-likeness (QED) is 0.440. The van der Waals surface area contributed by atoms with Crippen molar-refractivity contribution < 1.29 is 9.90 Å². The average Bonchev–Trinajstić information content (AvgIpc) is 3.14. The number of benzene rings is 1. The zero-order valence-electron chi connectivity index (χ0n) is 17.8. The monoisotopic (exact) mass is 402 g/mol. The van der Waals surface area contributed by atoms with Gasteiger partial charge in [-0.15, -0.1) is 11.8 Å². The van der Waals surface area contributed by atoms with E-state index in [0.717, 1.165) is 24.1 Å². The van der Waals surface area contributed by atoms with Crippen molar-refractivity contribution in [3.05, 3.63) is 35.4 Å². The third-order valence-electron chi connectivity index (χ3n) is 5.21. The van der Waals surface area contributed by atoms with E-state index in [1.807, 2.05) is 32.9 Å². The number of thioether (sulfide) groups is 1. The first-order chi connectivity index (χ1) is 13.3. The van der Waals surface area contributed by atoms with Gasteiger partial charge in [0.25, 0.3) is 0 Å². The first-order valence-corrected chi connectivity index (χ1v) is 11.2. The van der Waals surface area contributed by atoms with Gasteiger partial charge in [-0.25, -0.2) is 4.99 Å². The summed E-state index contributed by atoms with van der Waals surface area (Å²) in [5.41, 5.74) is 3.05. The van der Waals surface area contributed by atoms with E-state index in [4.69, 9.17) is 4.99 Å². The molecule has 1 fully saturated rings. The Labute approximate surface area is 173 Å². The molecule has 0 heterocycles. The van der Waals surface area contributed by atoms with Gasteiger partial charge in [0.1, 0.15) is 11.6 Å². The minimum absolute atomic E-state index is 0.00486. The minimum Gasteiger partial charge on any atom is -0.508 e. The van der Waals surface area contributed by atoms with Gasteiger partial charge in [0.05, 0.1) is 10.4 Å². The minimum atomic E-state index is -0.480. The summed E-state index contributed by atoms with van der Waals surface area (Å²) in [5, 5.41) is 13.2. The van der Waals surface area contributed by atoms with Crippen LogP contribution in [0.15, 0.2) is 34.8 Å². The third kappa shape index (κ3) is 6.13. The van der Waals surface area contributed by atoms with E-state index >= 15 is 0 Å². The molecule has 5 heteroatoms. The van der Waals surface area contributed by atoms with E-state index < -0.39 is 4.75 Å². The molecule has 1 aliphatic carbocycles. The van der Waals surface area contributed by atoms with Crippen LogP contribution in [-0.2, 0) is 4.79 Å². The summed E-state index contributed by atoms with van der Waals surface area (Å²) in [6.45, 7) is 10.1. The van der Waals surface area contributed by atoms with E-state index in [1.54, 1.807) is 23.9 Å². The lowest BCUT2D eigenvalue weighted by atomic mass is 10.0. The standard InChI is InChI=1S/C23H34N2O2S/c1-6-17(7-2)21(18-12-14-19(26)15-13-18)24-16(3)25-22(27)23(4,5)28-20-10-8-9-11-20/h12-15,20,26H,6-11H2,1-5H3,(H,24,25,27). The number of allylic oxidation sites excluding steroid dienone is 1. The fraction of sp³-hybridized carbons (Fsp3) is 0.565. The predicted octanol–water partition coefficient (Wildman–Crippen LogP) is 5.91. The number of carbonyl (C=O) groups excluding carboxylic acids is 1. The number of amides is 1. The molecule has 0 saturated heterocycles. The first-order valence-electron chi connectivity index (χ1n) is 10.3. The molecule has 0 unspecified atom stereocenters. The molecular formula is C23H34N2O2S. The Morgan fingerprint density at radius 3 is 2.29 bits per heavy atom. The van der Waals surface area contributed by atoms with Gasteiger partial charge >= 0.3 is 0 Å². The predicted molar refractivity (Wildman–Crippen MR) is 121 cm³/mol. The molecule has 0 spiro atoms. The Kier molecular flexibility index (Phi) is 8.17. The number of nitrogens with zero attached hydrogens (tertiary/aromatic N) is 1. The van der Waals surface area contributed by atoms with E-state index in [9.17, 15) is 9.90 Å². The largest absolute Gasteiger partial charge is 0.508 e. The van der Waals surface area contributed by atoms with Crippen LogP contribution >= 0.6 is 11.8 Å². The molecule has 1 aromatic carbocycles. The summed E-state index contributed by atoms with van der Waals surface area (Å²) in [4.78, 5) is 17.6. The lowest BCUT2D eigenvalue weighted by molar-refractivity contribution is -0.121. The van der Waals surface area contributed by atoms with Crippen molar-refractivity contribution in [1.82, 2.24) is 5.32 Å². The Bertz CT molecular complexity index is 723. The summed E-state index contributed by atoms with van der Waals surface area (Å²) in [6.07, 6.45) is 6.74. The molecule has 1 aromatic rings. The third-order valence-corrected chi connectivity index (χ3v) is 6.79. The lowest BCUT2D eigenvalue weighted by Gasteiger charge is -2.26. The number of hydrogen-bond donors (Lipinski definition) is 2. The summed E-state index contributed by atoms with van der Waals surface area (Å²) in [7, 11) is 0. The Balaban J connectivity index is 2.20. The molecule has 0 bridgehead atoms. The average molecular weight is 403 g/mol. The Hall–Kier alpha value is -1.75. The van der Waals surface area contributed by atoms with Crippen molar-refractivity contribution in [2.45, 2.75) is 83.1 Å². The van der Waals surface area contributed by atoms with Gasteiger partial charge in [-0.05, 0) is 76.3 Å². The summed E-state index contributed by atoms with van der Waals surface area (Å²) in [6, 6.07) is 7.08. The van der Waals surface area contributed by atoms with Gasteiger partial charge in [0, 0.05) is 10.8 Å². The number of aromatic hydroxyl groups is 1. The smallest absolute Gasteiger partial charge is 0.240 e. The lowest BCUT2D eigenvalue weighted by Crippen LogP contribution is -2.43. The van der Waals surface area contributed by atoms with Gasteiger partial charge < -0.3 is 10.4 Å². The van der Waals surface area contributed by atoms with Gasteiger partial charge in [-0.2, -0.15) is 0 Å². The molecule has 0 atom stereocenters. The fourth-order valence-corrected chi connectivity index (χ4v) is 5.10. The number of phenols is 1. The van der Waals surface area contributed by atoms with Gasteiger partial charge in [-0.1, -0.05) is 26.7 Å². The fourth-order valence-electron chi connectivity index (χ4n) is 3.54. The normalized spacial score (nSPS) is 15.5. The number of nitrogens with one attached hydrogen (secondary N) is 1. The highest BCUT2D eigenvalue weighted by atomic mass is 32.2. The number of carbonyl (C=O) groups is 1. The molecule has 28 heavy (non-hydrogen) atoms. The van der Waals surface area contributed by atoms with Crippen LogP contribution in [0.2, 0.25) is 0 Å². The van der Waals surface area contributed by atoms with Crippen LogP contribution in [0.25, 0.3) is 5.70 Å². The van der Waals surface area contributed by atoms with Crippen LogP contribution in [0.3, 0.4) is 0 Å². The summed E-state index contributed by atoms with van der Waals surface area (Å²) >= 11 is 1.78. The molecule has 0 radical (unpaired) electrons. The maximum absolute atomic E-state index is 12.9. The molecule has 154 valence electrons. The van der Waals surface area contributed by atoms with E-state index in [1.165, 1.54) is 31.3 Å². The molecule has 0 aromatic heterocycles. The van der Waals surface area contributed by atoms with Crippen molar-refractivity contribution in [3.8, 4) is 5.75 Å². The SMILES string of the molecule is CCC(CC)=C(N=C(C)NC(=O)C(C)(C)SC1CCCC1)c1ccc(O)cc1. The molecular weight excluding hydrogens is 368 g/mol. The van der Waals surface area contributed by atoms with Crippen LogP contribution in [-0.4, -0.2) is 26.8 Å². The number of aliphatic imine (C=N–C) groups is 1. The van der Waals surface area contributed by atoms with Crippen molar-refractivity contribution in [3.63, 3.8) is 0 Å². The second-order valence-electron chi connectivity index (χ2n) is 7.89. The van der Waals surface area contributed by atoms with E-state index in [2.05, 4.69) is 19.2 Å². The molecule has 1 amide bonds. The highest BCUT2D eigenvalue weighted by Gasteiger charge is 2.33. The topological polar surface area (TPSA) is 61.7 Å². The molecule has 2 rings (SSSR count). The van der Waals surface area contributed by atoms with Gasteiger partial charge in [0.15, 0.2) is 0 Å². The van der Waals surface area contributed by atoms with E-state index in [-0.39, 0.29) is 11.7 Å². The van der Waals surface area contributed by atoms with Crippen LogP contribution in [0.4, 0.5) is 0 Å². The maximum atomic E-state index is 12.9. The van der Waals surface area contributed by atoms with Crippen molar-refractivity contribution in [2.75, 3.05) is 0 Å². The number of phenolic OH excluding ortho intramolecular Hbond substituents is 1. The highest BCUT2D eigenvalue weighted by molar-refractivity contribution is 8.02. The van der Waals surface area contributed by atoms with Gasteiger partial charge in [-0.3, -0.25) is 4.79 Å². The van der Waals surface area contributed by atoms with Crippen LogP contribution in [0.5, 0.6) is 5.75 Å². The van der Waals surface area contributed by atoms with Crippen molar-refractivity contribution >= 4 is 29.2 Å². The van der Waals surface area contributed by atoms with Crippen LogP contribution in [0.1, 0.15) is 78.7 Å².